The third kappa shape index (κ3) is 3.38. The van der Waals surface area contributed by atoms with Crippen molar-refractivity contribution in [1.29, 1.82) is 0 Å². The minimum absolute atomic E-state index is 0.122. The maximum atomic E-state index is 13.0. The second kappa shape index (κ2) is 7.52. The third-order valence-electron chi connectivity index (χ3n) is 4.69. The molecule has 0 atom stereocenters. The molecule has 0 spiro atoms. The summed E-state index contributed by atoms with van der Waals surface area (Å²) in [5.74, 6) is 0.0533. The maximum Gasteiger partial charge on any atom is 0.311 e. The summed E-state index contributed by atoms with van der Waals surface area (Å²) in [5.41, 5.74) is -0.231. The predicted molar refractivity (Wildman–Crippen MR) is 93.8 cm³/mol. The Balaban J connectivity index is 1.77. The van der Waals surface area contributed by atoms with Crippen molar-refractivity contribution < 1.29 is 14.5 Å². The normalized spacial score (nSPS) is 16.0. The third-order valence-corrected chi connectivity index (χ3v) is 4.69. The van der Waals surface area contributed by atoms with Crippen LogP contribution in [0.1, 0.15) is 18.4 Å². The van der Waals surface area contributed by atoms with Gasteiger partial charge < -0.3 is 15.4 Å². The Morgan fingerprint density at radius 3 is 2.85 bits per heavy atom. The molecule has 1 aromatic carbocycles. The molecule has 1 aromatic heterocycles. The lowest BCUT2D eigenvalue weighted by atomic mass is 9.87. The van der Waals surface area contributed by atoms with Gasteiger partial charge in [-0.2, -0.15) is 5.10 Å². The number of nitro groups is 1. The van der Waals surface area contributed by atoms with E-state index in [1.54, 1.807) is 29.2 Å². The van der Waals surface area contributed by atoms with E-state index in [1.807, 2.05) is 0 Å². The Morgan fingerprint density at radius 2 is 2.23 bits per heavy atom. The topological polar surface area (TPSA) is 111 Å². The highest BCUT2D eigenvalue weighted by atomic mass is 16.6. The largest absolute Gasteiger partial charge is 0.490 e. The van der Waals surface area contributed by atoms with Gasteiger partial charge >= 0.3 is 5.69 Å². The Bertz CT molecular complexity index is 784. The van der Waals surface area contributed by atoms with Crippen molar-refractivity contribution in [3.05, 3.63) is 52.3 Å². The molecule has 9 nitrogen and oxygen atoms in total. The Kier molecular flexibility index (Phi) is 5.17. The lowest BCUT2D eigenvalue weighted by Gasteiger charge is -2.36. The van der Waals surface area contributed by atoms with Crippen molar-refractivity contribution >= 4 is 11.6 Å². The van der Waals surface area contributed by atoms with Crippen molar-refractivity contribution in [2.75, 3.05) is 20.2 Å². The molecule has 138 valence electrons. The number of carbonyl (C=O) groups excluding carboxylic acids is 1. The van der Waals surface area contributed by atoms with E-state index in [2.05, 4.69) is 15.7 Å². The van der Waals surface area contributed by atoms with Gasteiger partial charge in [-0.3, -0.25) is 19.6 Å². The molecule has 2 N–H and O–H groups in total. The number of nitro benzene ring substituents is 1. The monoisotopic (exact) mass is 359 g/mol. The summed E-state index contributed by atoms with van der Waals surface area (Å²) in [4.78, 5) is 23.6. The van der Waals surface area contributed by atoms with Crippen LogP contribution in [0.2, 0.25) is 0 Å². The van der Waals surface area contributed by atoms with Crippen molar-refractivity contribution in [2.45, 2.75) is 24.9 Å². The van der Waals surface area contributed by atoms with Crippen molar-refractivity contribution in [2.24, 2.45) is 0 Å². The lowest BCUT2D eigenvalue weighted by Crippen LogP contribution is -2.54. The smallest absolute Gasteiger partial charge is 0.311 e. The molecule has 2 aromatic rings. The number of nitrogens with zero attached hydrogens (tertiary/aromatic N) is 3. The SMILES string of the molecule is COc1ccc(CNC(=O)C2(n3cccn3)CCNCC2)cc1[N+](=O)[O-]. The minimum atomic E-state index is -0.743. The van der Waals surface area contributed by atoms with Gasteiger partial charge in [0, 0.05) is 25.0 Å². The molecule has 0 bridgehead atoms. The first kappa shape index (κ1) is 17.9. The van der Waals surface area contributed by atoms with Crippen LogP contribution in [0.4, 0.5) is 5.69 Å². The molecule has 3 rings (SSSR count). The number of piperidine rings is 1. The number of hydrogen-bond donors (Lipinski definition) is 2. The number of carbonyl (C=O) groups is 1. The minimum Gasteiger partial charge on any atom is -0.490 e. The van der Waals surface area contributed by atoms with Crippen LogP contribution >= 0.6 is 0 Å². The summed E-state index contributed by atoms with van der Waals surface area (Å²) in [7, 11) is 1.38. The van der Waals surface area contributed by atoms with Gasteiger partial charge in [0.15, 0.2) is 5.75 Å². The highest BCUT2D eigenvalue weighted by Gasteiger charge is 2.41. The molecule has 0 radical (unpaired) electrons. The number of nitrogens with one attached hydrogen (secondary N) is 2. The van der Waals surface area contributed by atoms with Gasteiger partial charge in [0.05, 0.1) is 12.0 Å². The summed E-state index contributed by atoms with van der Waals surface area (Å²) in [6.07, 6.45) is 4.71. The van der Waals surface area contributed by atoms with E-state index >= 15 is 0 Å². The molecule has 9 heteroatoms. The van der Waals surface area contributed by atoms with E-state index < -0.39 is 10.5 Å². The second-order valence-electron chi connectivity index (χ2n) is 6.18. The Morgan fingerprint density at radius 1 is 1.46 bits per heavy atom. The summed E-state index contributed by atoms with van der Waals surface area (Å²) in [5, 5.41) is 21.6. The number of aromatic nitrogens is 2. The zero-order valence-electron chi connectivity index (χ0n) is 14.5. The van der Waals surface area contributed by atoms with E-state index in [0.29, 0.717) is 18.4 Å². The van der Waals surface area contributed by atoms with Crippen LogP contribution in [0, 0.1) is 10.1 Å². The van der Waals surface area contributed by atoms with Gasteiger partial charge in [0.2, 0.25) is 5.91 Å². The number of hydrogen-bond acceptors (Lipinski definition) is 6. The van der Waals surface area contributed by atoms with Crippen LogP contribution in [0.5, 0.6) is 5.75 Å². The number of methoxy groups -OCH3 is 1. The summed E-state index contributed by atoms with van der Waals surface area (Å²) in [6.45, 7) is 1.64. The molecule has 1 aliphatic heterocycles. The van der Waals surface area contributed by atoms with E-state index in [9.17, 15) is 14.9 Å². The van der Waals surface area contributed by atoms with Gasteiger partial charge in [0.25, 0.3) is 0 Å². The van der Waals surface area contributed by atoms with E-state index in [4.69, 9.17) is 4.74 Å². The first-order valence-corrected chi connectivity index (χ1v) is 8.37. The van der Waals surface area contributed by atoms with Crippen LogP contribution in [0.15, 0.2) is 36.7 Å². The van der Waals surface area contributed by atoms with Crippen LogP contribution < -0.4 is 15.4 Å². The molecule has 1 fully saturated rings. The molecule has 1 amide bonds. The van der Waals surface area contributed by atoms with Crippen LogP contribution in [-0.4, -0.2) is 40.8 Å². The first-order chi connectivity index (χ1) is 12.6. The molecule has 0 aliphatic carbocycles. The highest BCUT2D eigenvalue weighted by molar-refractivity contribution is 5.84. The summed E-state index contributed by atoms with van der Waals surface area (Å²) < 4.78 is 6.71. The van der Waals surface area contributed by atoms with Crippen molar-refractivity contribution in [3.8, 4) is 5.75 Å². The zero-order valence-corrected chi connectivity index (χ0v) is 14.5. The fourth-order valence-electron chi connectivity index (χ4n) is 3.26. The van der Waals surface area contributed by atoms with Gasteiger partial charge in [-0.25, -0.2) is 0 Å². The molecular formula is C17H21N5O4. The maximum absolute atomic E-state index is 13.0. The molecule has 26 heavy (non-hydrogen) atoms. The second-order valence-corrected chi connectivity index (χ2v) is 6.18. The number of rotatable bonds is 6. The van der Waals surface area contributed by atoms with Crippen molar-refractivity contribution in [3.63, 3.8) is 0 Å². The molecule has 2 heterocycles. The summed E-state index contributed by atoms with van der Waals surface area (Å²) in [6, 6.07) is 6.45. The van der Waals surface area contributed by atoms with E-state index in [1.165, 1.54) is 19.2 Å². The van der Waals surface area contributed by atoms with Gasteiger partial charge in [-0.1, -0.05) is 6.07 Å². The fraction of sp³-hybridized carbons (Fsp3) is 0.412. The van der Waals surface area contributed by atoms with Crippen LogP contribution in [0.3, 0.4) is 0 Å². The average Bonchev–Trinajstić information content (AvgIpc) is 3.21. The zero-order chi connectivity index (χ0) is 18.6. The number of amides is 1. The fourth-order valence-corrected chi connectivity index (χ4v) is 3.26. The predicted octanol–water partition coefficient (Wildman–Crippen LogP) is 1.19. The molecule has 0 unspecified atom stereocenters. The van der Waals surface area contributed by atoms with Crippen LogP contribution in [-0.2, 0) is 16.9 Å². The Hall–Kier alpha value is -2.94. The average molecular weight is 359 g/mol. The number of ether oxygens (including phenoxy) is 1. The van der Waals surface area contributed by atoms with E-state index in [-0.39, 0.29) is 23.9 Å². The highest BCUT2D eigenvalue weighted by Crippen LogP contribution is 2.29. The molecular weight excluding hydrogens is 338 g/mol. The van der Waals surface area contributed by atoms with Gasteiger partial charge in [0.1, 0.15) is 5.54 Å². The molecule has 0 saturated carbocycles. The van der Waals surface area contributed by atoms with Gasteiger partial charge in [-0.15, -0.1) is 0 Å². The van der Waals surface area contributed by atoms with Crippen LogP contribution in [0.25, 0.3) is 0 Å². The summed E-state index contributed by atoms with van der Waals surface area (Å²) >= 11 is 0. The molecule has 1 saturated heterocycles. The van der Waals surface area contributed by atoms with Crippen molar-refractivity contribution in [1.82, 2.24) is 20.4 Å². The van der Waals surface area contributed by atoms with E-state index in [0.717, 1.165) is 13.1 Å². The quantitative estimate of drug-likeness (QED) is 0.592. The first-order valence-electron chi connectivity index (χ1n) is 8.37. The standard InChI is InChI=1S/C17H21N5O4/c1-26-15-4-3-13(11-14(15)22(24)25)12-19-16(23)17(5-8-18-9-6-17)21-10-2-7-20-21/h2-4,7,10-11,18H,5-6,8-9,12H2,1H3,(H,19,23). The lowest BCUT2D eigenvalue weighted by molar-refractivity contribution is -0.385. The Labute approximate surface area is 150 Å². The number of benzene rings is 1. The molecule has 1 aliphatic rings. The van der Waals surface area contributed by atoms with Gasteiger partial charge in [-0.05, 0) is 43.6 Å².